The molecule has 0 fully saturated rings. The fraction of sp³-hybridized carbons (Fsp3) is 0.231. The van der Waals surface area contributed by atoms with Crippen molar-refractivity contribution < 1.29 is 0 Å². The maximum absolute atomic E-state index is 3.62. The average molecular weight is 247 g/mol. The number of thioether (sulfide) groups is 1. The summed E-state index contributed by atoms with van der Waals surface area (Å²) in [6.07, 6.45) is 0. The van der Waals surface area contributed by atoms with E-state index in [4.69, 9.17) is 0 Å². The molecule has 1 atom stereocenters. The molecule has 0 saturated carbocycles. The average Bonchev–Trinajstić information content (AvgIpc) is 2.90. The van der Waals surface area contributed by atoms with Crippen LogP contribution >= 0.6 is 23.1 Å². The molecule has 0 saturated heterocycles. The van der Waals surface area contributed by atoms with Gasteiger partial charge in [0, 0.05) is 4.90 Å². The van der Waals surface area contributed by atoms with Gasteiger partial charge < -0.3 is 5.32 Å². The van der Waals surface area contributed by atoms with E-state index in [0.717, 1.165) is 0 Å². The molecule has 1 aromatic heterocycles. The molecule has 0 bridgehead atoms. The summed E-state index contributed by atoms with van der Waals surface area (Å²) >= 11 is 3.69. The van der Waals surface area contributed by atoms with Crippen molar-refractivity contribution in [3.63, 3.8) is 0 Å². The van der Waals surface area contributed by atoms with E-state index < -0.39 is 0 Å². The highest BCUT2D eigenvalue weighted by atomic mass is 32.2. The highest BCUT2D eigenvalue weighted by Gasteiger charge is 2.25. The Hall–Kier alpha value is -0.930. The summed E-state index contributed by atoms with van der Waals surface area (Å²) in [6.45, 7) is 4.35. The summed E-state index contributed by atoms with van der Waals surface area (Å²) in [5.41, 5.74) is 5.41. The molecule has 0 radical (unpaired) electrons. The molecule has 0 amide bonds. The molecular weight excluding hydrogens is 234 g/mol. The van der Waals surface area contributed by atoms with Crippen LogP contribution in [0.5, 0.6) is 0 Å². The second-order valence-corrected chi connectivity index (χ2v) is 6.00. The van der Waals surface area contributed by atoms with Crippen LogP contribution in [0.1, 0.15) is 22.1 Å². The van der Waals surface area contributed by atoms with Crippen LogP contribution in [-0.2, 0) is 0 Å². The summed E-state index contributed by atoms with van der Waals surface area (Å²) in [5.74, 6) is 0. The molecule has 1 aliphatic rings. The van der Waals surface area contributed by atoms with Crippen LogP contribution in [0, 0.1) is 13.8 Å². The van der Waals surface area contributed by atoms with E-state index in [1.54, 1.807) is 11.3 Å². The van der Waals surface area contributed by atoms with Gasteiger partial charge in [0.2, 0.25) is 0 Å². The lowest BCUT2D eigenvalue weighted by Crippen LogP contribution is -2.00. The van der Waals surface area contributed by atoms with Crippen LogP contribution in [0.25, 0.3) is 0 Å². The van der Waals surface area contributed by atoms with E-state index in [9.17, 15) is 0 Å². The van der Waals surface area contributed by atoms with Crippen molar-refractivity contribution in [2.75, 3.05) is 5.32 Å². The summed E-state index contributed by atoms with van der Waals surface area (Å²) in [5, 5.41) is 8.37. The van der Waals surface area contributed by atoms with Gasteiger partial charge in [-0.3, -0.25) is 0 Å². The first kappa shape index (κ1) is 10.2. The van der Waals surface area contributed by atoms with Crippen molar-refractivity contribution >= 4 is 28.8 Å². The number of aryl methyl sites for hydroxylation is 2. The normalized spacial score (nSPS) is 18.2. The molecule has 82 valence electrons. The Morgan fingerprint density at radius 2 is 1.94 bits per heavy atom. The summed E-state index contributed by atoms with van der Waals surface area (Å²) in [4.78, 5) is 1.41. The van der Waals surface area contributed by atoms with E-state index in [-0.39, 0.29) is 0 Å². The number of benzene rings is 1. The quantitative estimate of drug-likeness (QED) is 0.791. The third kappa shape index (κ3) is 1.55. The van der Waals surface area contributed by atoms with Gasteiger partial charge in [0.1, 0.15) is 5.37 Å². The highest BCUT2D eigenvalue weighted by molar-refractivity contribution is 8.00. The monoisotopic (exact) mass is 247 g/mol. The number of fused-ring (bicyclic) bond motifs is 1. The second-order valence-electron chi connectivity index (χ2n) is 4.10. The van der Waals surface area contributed by atoms with Gasteiger partial charge in [-0.05, 0) is 47.4 Å². The van der Waals surface area contributed by atoms with Crippen LogP contribution in [0.4, 0.5) is 5.69 Å². The van der Waals surface area contributed by atoms with E-state index in [0.29, 0.717) is 5.37 Å². The molecule has 2 aromatic rings. The van der Waals surface area contributed by atoms with Crippen molar-refractivity contribution in [3.8, 4) is 0 Å². The molecular formula is C13H13NS2. The Labute approximate surface area is 104 Å². The predicted molar refractivity (Wildman–Crippen MR) is 72.5 cm³/mol. The molecule has 0 spiro atoms. The Bertz CT molecular complexity index is 486. The molecule has 3 rings (SSSR count). The van der Waals surface area contributed by atoms with E-state index in [1.807, 2.05) is 11.8 Å². The molecule has 1 N–H and O–H groups in total. The highest BCUT2D eigenvalue weighted by Crippen LogP contribution is 2.49. The van der Waals surface area contributed by atoms with Crippen LogP contribution in [-0.4, -0.2) is 0 Å². The molecule has 16 heavy (non-hydrogen) atoms. The zero-order valence-corrected chi connectivity index (χ0v) is 10.9. The molecule has 1 aromatic carbocycles. The molecule has 1 aliphatic heterocycles. The van der Waals surface area contributed by atoms with E-state index in [2.05, 4.69) is 48.1 Å². The van der Waals surface area contributed by atoms with E-state index in [1.165, 1.54) is 27.3 Å². The minimum Gasteiger partial charge on any atom is -0.368 e. The lowest BCUT2D eigenvalue weighted by Gasteiger charge is -2.08. The lowest BCUT2D eigenvalue weighted by atomic mass is 10.1. The molecule has 1 nitrogen and oxygen atoms in total. The van der Waals surface area contributed by atoms with Gasteiger partial charge in [0.05, 0.1) is 5.69 Å². The number of thiophene rings is 1. The zero-order valence-electron chi connectivity index (χ0n) is 9.28. The first-order valence-electron chi connectivity index (χ1n) is 5.31. The standard InChI is InChI=1S/C13H13NS2/c1-8-3-4-9(2)12-11(8)14-13(16-12)10-5-6-15-7-10/h3-7,13-14H,1-2H3. The fourth-order valence-electron chi connectivity index (χ4n) is 1.97. The van der Waals surface area contributed by atoms with Crippen LogP contribution in [0.15, 0.2) is 33.9 Å². The molecule has 3 heteroatoms. The maximum Gasteiger partial charge on any atom is 0.104 e. The number of nitrogens with one attached hydrogen (secondary N) is 1. The van der Waals surface area contributed by atoms with Gasteiger partial charge in [-0.2, -0.15) is 11.3 Å². The smallest absolute Gasteiger partial charge is 0.104 e. The van der Waals surface area contributed by atoms with Crippen molar-refractivity contribution in [1.82, 2.24) is 0 Å². The van der Waals surface area contributed by atoms with Crippen LogP contribution in [0.3, 0.4) is 0 Å². The van der Waals surface area contributed by atoms with Crippen molar-refractivity contribution in [1.29, 1.82) is 0 Å². The predicted octanol–water partition coefficient (Wildman–Crippen LogP) is 4.58. The van der Waals surface area contributed by atoms with Gasteiger partial charge >= 0.3 is 0 Å². The number of hydrogen-bond donors (Lipinski definition) is 1. The van der Waals surface area contributed by atoms with Crippen molar-refractivity contribution in [2.24, 2.45) is 0 Å². The number of rotatable bonds is 1. The largest absolute Gasteiger partial charge is 0.368 e. The maximum atomic E-state index is 3.62. The summed E-state index contributed by atoms with van der Waals surface area (Å²) < 4.78 is 0. The molecule has 2 heterocycles. The van der Waals surface area contributed by atoms with Gasteiger partial charge in [-0.25, -0.2) is 0 Å². The Morgan fingerprint density at radius 1 is 1.12 bits per heavy atom. The van der Waals surface area contributed by atoms with Crippen molar-refractivity contribution in [2.45, 2.75) is 24.1 Å². The van der Waals surface area contributed by atoms with Crippen molar-refractivity contribution in [3.05, 3.63) is 45.6 Å². The Morgan fingerprint density at radius 3 is 2.62 bits per heavy atom. The third-order valence-electron chi connectivity index (χ3n) is 2.92. The van der Waals surface area contributed by atoms with E-state index >= 15 is 0 Å². The number of anilines is 1. The first-order chi connectivity index (χ1) is 7.75. The minimum atomic E-state index is 0.390. The Balaban J connectivity index is 2.00. The zero-order chi connectivity index (χ0) is 11.1. The third-order valence-corrected chi connectivity index (χ3v) is 5.01. The summed E-state index contributed by atoms with van der Waals surface area (Å²) in [7, 11) is 0. The van der Waals surface area contributed by atoms with Gasteiger partial charge in [-0.1, -0.05) is 23.9 Å². The van der Waals surface area contributed by atoms with Crippen LogP contribution < -0.4 is 5.32 Å². The molecule has 1 unspecified atom stereocenters. The molecule has 0 aliphatic carbocycles. The SMILES string of the molecule is Cc1ccc(C)c2c1NC(c1ccsc1)S2. The van der Waals surface area contributed by atoms with Crippen LogP contribution in [0.2, 0.25) is 0 Å². The van der Waals surface area contributed by atoms with Gasteiger partial charge in [0.15, 0.2) is 0 Å². The summed E-state index contributed by atoms with van der Waals surface area (Å²) in [6, 6.07) is 6.60. The second kappa shape index (κ2) is 3.82. The topological polar surface area (TPSA) is 12.0 Å². The van der Waals surface area contributed by atoms with Gasteiger partial charge in [-0.15, -0.1) is 0 Å². The Kier molecular flexibility index (Phi) is 2.45. The van der Waals surface area contributed by atoms with Gasteiger partial charge in [0.25, 0.3) is 0 Å². The fourth-order valence-corrected chi connectivity index (χ4v) is 4.03. The lowest BCUT2D eigenvalue weighted by molar-refractivity contribution is 1.14. The first-order valence-corrected chi connectivity index (χ1v) is 7.13. The minimum absolute atomic E-state index is 0.390. The number of hydrogen-bond acceptors (Lipinski definition) is 3.